The van der Waals surface area contributed by atoms with E-state index in [0.717, 1.165) is 17.7 Å². The van der Waals surface area contributed by atoms with Gasteiger partial charge in [0, 0.05) is 17.2 Å². The summed E-state index contributed by atoms with van der Waals surface area (Å²) >= 11 is 0. The lowest BCUT2D eigenvalue weighted by Gasteiger charge is -2.10. The predicted octanol–water partition coefficient (Wildman–Crippen LogP) is 2.43. The van der Waals surface area contributed by atoms with Crippen molar-refractivity contribution in [3.05, 3.63) is 63.2 Å². The first-order valence-corrected chi connectivity index (χ1v) is 7.44. The third kappa shape index (κ3) is 3.81. The van der Waals surface area contributed by atoms with Gasteiger partial charge in [-0.25, -0.2) is 0 Å². The third-order valence-electron chi connectivity index (χ3n) is 3.01. The van der Waals surface area contributed by atoms with Crippen LogP contribution in [0.25, 0.3) is 0 Å². The Kier molecular flexibility index (Phi) is 4.90. The number of aromatic hydroxyl groups is 1. The first-order chi connectivity index (χ1) is 10.8. The molecule has 0 aromatic heterocycles. The molecule has 0 saturated heterocycles. The van der Waals surface area contributed by atoms with Gasteiger partial charge in [0.05, 0.1) is 4.92 Å². The summed E-state index contributed by atoms with van der Waals surface area (Å²) in [5, 5.41) is 20.7. The lowest BCUT2D eigenvalue weighted by molar-refractivity contribution is -0.385. The molecule has 0 radical (unpaired) electrons. The van der Waals surface area contributed by atoms with E-state index in [4.69, 9.17) is 9.79 Å². The fraction of sp³-hybridized carbons (Fsp3) is 0.0714. The zero-order valence-corrected chi connectivity index (χ0v) is 12.7. The van der Waals surface area contributed by atoms with E-state index in [1.54, 1.807) is 24.3 Å². The summed E-state index contributed by atoms with van der Waals surface area (Å²) in [7, 11) is -2.91. The Bertz CT molecular complexity index is 758. The first kappa shape index (κ1) is 16.8. The smallest absolute Gasteiger partial charge is 0.391 e. The van der Waals surface area contributed by atoms with E-state index < -0.39 is 36.5 Å². The molecule has 9 heteroatoms. The zero-order valence-electron chi connectivity index (χ0n) is 11.8. The van der Waals surface area contributed by atoms with Crippen LogP contribution >= 0.6 is 8.60 Å². The molecule has 0 aliphatic heterocycles. The molecule has 23 heavy (non-hydrogen) atoms. The Morgan fingerprint density at radius 3 is 2.30 bits per heavy atom. The molecule has 8 nitrogen and oxygen atoms in total. The molecule has 0 heterocycles. The van der Waals surface area contributed by atoms with Crippen LogP contribution in [0.5, 0.6) is 11.5 Å². The Balaban J connectivity index is 2.52. The van der Waals surface area contributed by atoms with Crippen molar-refractivity contribution < 1.29 is 29.1 Å². The molecule has 0 fully saturated rings. The minimum absolute atomic E-state index is 0.120. The second-order valence-corrected chi connectivity index (χ2v) is 5.33. The fourth-order valence-electron chi connectivity index (χ4n) is 1.89. The highest BCUT2D eigenvalue weighted by atomic mass is 31.2. The van der Waals surface area contributed by atoms with Crippen LogP contribution in [0.15, 0.2) is 36.4 Å². The van der Waals surface area contributed by atoms with Gasteiger partial charge in [0.2, 0.25) is 5.75 Å². The average molecular weight is 337 g/mol. The molecule has 2 aromatic rings. The number of hydrogen-bond acceptors (Lipinski definition) is 7. The summed E-state index contributed by atoms with van der Waals surface area (Å²) in [5.41, 5.74) is 0.338. The maximum absolute atomic E-state index is 12.4. The van der Waals surface area contributed by atoms with Gasteiger partial charge in [0.15, 0.2) is 11.5 Å². The summed E-state index contributed by atoms with van der Waals surface area (Å²) in [6.07, 6.45) is 0. The van der Waals surface area contributed by atoms with E-state index in [9.17, 15) is 20.0 Å². The number of aryl methyl sites for hydroxylation is 1. The minimum Gasteiger partial charge on any atom is -0.500 e. The van der Waals surface area contributed by atoms with Gasteiger partial charge in [-0.3, -0.25) is 14.9 Å². The number of nitro benzene ring substituents is 1. The molecule has 2 aromatic carbocycles. The van der Waals surface area contributed by atoms with Gasteiger partial charge in [0.25, 0.3) is 0 Å². The molecule has 0 saturated carbocycles. The van der Waals surface area contributed by atoms with Crippen molar-refractivity contribution in [3.63, 3.8) is 0 Å². The topological polar surface area (TPSA) is 130 Å². The van der Waals surface area contributed by atoms with Crippen LogP contribution in [0.3, 0.4) is 0 Å². The molecule has 0 bridgehead atoms. The monoisotopic (exact) mass is 337 g/mol. The highest BCUT2D eigenvalue weighted by molar-refractivity contribution is 7.39. The van der Waals surface area contributed by atoms with Crippen molar-refractivity contribution in [1.82, 2.24) is 0 Å². The normalized spacial score (nSPS) is 10.6. The number of hydrogen-bond donors (Lipinski definition) is 3. The third-order valence-corrected chi connectivity index (χ3v) is 3.37. The lowest BCUT2D eigenvalue weighted by Crippen LogP contribution is -2.03. The number of ketones is 1. The summed E-state index contributed by atoms with van der Waals surface area (Å²) in [5.74, 6) is -1.96. The summed E-state index contributed by atoms with van der Waals surface area (Å²) in [6, 6.07) is 8.46. The molecule has 120 valence electrons. The SMILES string of the molecule is Cc1ccc(C(=O)c2cc(OP(O)O)c(O)c([N+](=O)[O-])c2)cc1. The number of carbonyl (C=O) groups is 1. The number of benzene rings is 2. The zero-order chi connectivity index (χ0) is 17.1. The maximum atomic E-state index is 12.4. The van der Waals surface area contributed by atoms with E-state index in [0.29, 0.717) is 0 Å². The van der Waals surface area contributed by atoms with Crippen LogP contribution in [0.1, 0.15) is 21.5 Å². The molecule has 0 aliphatic rings. The highest BCUT2D eigenvalue weighted by Crippen LogP contribution is 2.42. The van der Waals surface area contributed by atoms with Crippen molar-refractivity contribution in [2.24, 2.45) is 0 Å². The van der Waals surface area contributed by atoms with Crippen molar-refractivity contribution in [2.75, 3.05) is 0 Å². The number of rotatable bonds is 5. The molecule has 0 spiro atoms. The fourth-order valence-corrected chi connectivity index (χ4v) is 2.21. The van der Waals surface area contributed by atoms with Crippen molar-refractivity contribution in [1.29, 1.82) is 0 Å². The van der Waals surface area contributed by atoms with E-state index in [-0.39, 0.29) is 11.1 Å². The average Bonchev–Trinajstić information content (AvgIpc) is 2.48. The second kappa shape index (κ2) is 6.70. The minimum atomic E-state index is -2.91. The van der Waals surface area contributed by atoms with E-state index in [1.807, 2.05) is 6.92 Å². The van der Waals surface area contributed by atoms with Gasteiger partial charge in [-0.05, 0) is 13.0 Å². The van der Waals surface area contributed by atoms with Gasteiger partial charge in [0.1, 0.15) is 0 Å². The van der Waals surface area contributed by atoms with Crippen molar-refractivity contribution in [3.8, 4) is 11.5 Å². The quantitative estimate of drug-likeness (QED) is 0.330. The van der Waals surface area contributed by atoms with Gasteiger partial charge < -0.3 is 19.4 Å². The van der Waals surface area contributed by atoms with Gasteiger partial charge in [-0.15, -0.1) is 0 Å². The van der Waals surface area contributed by atoms with Gasteiger partial charge in [-0.2, -0.15) is 0 Å². The molecule has 0 amide bonds. The predicted molar refractivity (Wildman–Crippen MR) is 81.4 cm³/mol. The molecule has 3 N–H and O–H groups in total. The standard InChI is InChI=1S/C14H12NO7P/c1-8-2-4-9(5-3-8)13(16)10-6-11(15(18)19)14(17)12(7-10)22-23(20)21/h2-7,17,20-21H,1H3. The van der Waals surface area contributed by atoms with Gasteiger partial charge >= 0.3 is 14.3 Å². The number of phenolic OH excluding ortho intramolecular Hbond substituents is 1. The van der Waals surface area contributed by atoms with Crippen molar-refractivity contribution >= 4 is 20.1 Å². The van der Waals surface area contributed by atoms with Crippen LogP contribution in [0.2, 0.25) is 0 Å². The maximum Gasteiger partial charge on any atom is 0.391 e. The highest BCUT2D eigenvalue weighted by Gasteiger charge is 2.24. The molecular formula is C14H12NO7P. The van der Waals surface area contributed by atoms with Crippen LogP contribution in [0.4, 0.5) is 5.69 Å². The number of nitrogens with zero attached hydrogens (tertiary/aromatic N) is 1. The molecule has 0 unspecified atom stereocenters. The number of nitro groups is 1. The van der Waals surface area contributed by atoms with Crippen LogP contribution in [-0.2, 0) is 0 Å². The summed E-state index contributed by atoms with van der Waals surface area (Å²) < 4.78 is 4.55. The Morgan fingerprint density at radius 2 is 1.78 bits per heavy atom. The van der Waals surface area contributed by atoms with E-state index >= 15 is 0 Å². The molecule has 0 atom stereocenters. The Hall–Kier alpha value is -2.54. The van der Waals surface area contributed by atoms with Crippen LogP contribution in [0, 0.1) is 17.0 Å². The molecular weight excluding hydrogens is 325 g/mol. The molecule has 0 aliphatic carbocycles. The summed E-state index contributed by atoms with van der Waals surface area (Å²) in [4.78, 5) is 40.2. The lowest BCUT2D eigenvalue weighted by atomic mass is 10.0. The van der Waals surface area contributed by atoms with Crippen molar-refractivity contribution in [2.45, 2.75) is 6.92 Å². The largest absolute Gasteiger partial charge is 0.500 e. The second-order valence-electron chi connectivity index (χ2n) is 4.64. The number of carbonyl (C=O) groups excluding carboxylic acids is 1. The first-order valence-electron chi connectivity index (χ1n) is 6.28. The van der Waals surface area contributed by atoms with E-state index in [2.05, 4.69) is 4.52 Å². The van der Waals surface area contributed by atoms with E-state index in [1.165, 1.54) is 0 Å². The van der Waals surface area contributed by atoms with Crippen LogP contribution < -0.4 is 4.52 Å². The van der Waals surface area contributed by atoms with Crippen LogP contribution in [-0.4, -0.2) is 25.6 Å². The molecule has 2 rings (SSSR count). The summed E-state index contributed by atoms with van der Waals surface area (Å²) in [6.45, 7) is 1.84. The van der Waals surface area contributed by atoms with Gasteiger partial charge in [-0.1, -0.05) is 29.8 Å². The number of phenols is 1. The Labute approximate surface area is 131 Å². The Morgan fingerprint density at radius 1 is 1.17 bits per heavy atom.